The predicted molar refractivity (Wildman–Crippen MR) is 191 cm³/mol. The van der Waals surface area contributed by atoms with E-state index in [1.807, 2.05) is 0 Å². The van der Waals surface area contributed by atoms with E-state index in [4.69, 9.17) is 8.83 Å². The maximum atomic E-state index is 14.1. The van der Waals surface area contributed by atoms with E-state index in [1.165, 1.54) is 36.4 Å². The van der Waals surface area contributed by atoms with Crippen molar-refractivity contribution in [3.8, 4) is 68.8 Å². The molecule has 0 fully saturated rings. The van der Waals surface area contributed by atoms with Gasteiger partial charge in [0.15, 0.2) is 11.2 Å². The number of nitrogens with zero attached hydrogens (tertiary/aromatic N) is 6. The lowest BCUT2D eigenvalue weighted by atomic mass is 9.88. The smallest absolute Gasteiger partial charge is 0.416 e. The standard InChI is InChI=1S/C42H16F12N6O2/c43-39(44,45)23-9-19(10-24(13-23)40(46,47)48)27-5-1-3-7-29(27)31-33-36(62-37(59-33)21(15-55)16-56)32(34-35(31)61-38(60-34)22(17-57)18-58)30-8-4-2-6-28(30)20-11-25(41(49,50)51)14-26(12-20)42(52,53)54/h1-14,21-22H. The minimum atomic E-state index is -5.28. The number of oxazole rings is 2. The Bertz CT molecular complexity index is 2760. The van der Waals surface area contributed by atoms with Crippen molar-refractivity contribution < 1.29 is 61.5 Å². The number of hydrogen-bond donors (Lipinski definition) is 0. The molecule has 0 radical (unpaired) electrons. The first-order valence-electron chi connectivity index (χ1n) is 17.2. The van der Waals surface area contributed by atoms with Gasteiger partial charge in [0, 0.05) is 0 Å². The van der Waals surface area contributed by atoms with Crippen LogP contribution in [0.25, 0.3) is 66.7 Å². The summed E-state index contributed by atoms with van der Waals surface area (Å²) in [5, 5.41) is 39.2. The Morgan fingerprint density at radius 1 is 0.419 bits per heavy atom. The average molecular weight is 865 g/mol. The number of rotatable bonds is 6. The van der Waals surface area contributed by atoms with Crippen LogP contribution in [-0.2, 0) is 24.7 Å². The third-order valence-corrected chi connectivity index (χ3v) is 9.42. The summed E-state index contributed by atoms with van der Waals surface area (Å²) >= 11 is 0. The van der Waals surface area contributed by atoms with Gasteiger partial charge in [-0.2, -0.15) is 73.7 Å². The average Bonchev–Trinajstić information content (AvgIpc) is 3.84. The first-order valence-corrected chi connectivity index (χ1v) is 17.2. The molecule has 2 aromatic heterocycles. The highest BCUT2D eigenvalue weighted by Gasteiger charge is 2.40. The molecule has 310 valence electrons. The minimum Gasteiger partial charge on any atom is -0.437 e. The first-order chi connectivity index (χ1) is 29.1. The van der Waals surface area contributed by atoms with Gasteiger partial charge in [0.25, 0.3) is 0 Å². The lowest BCUT2D eigenvalue weighted by Gasteiger charge is -2.18. The number of nitriles is 4. The number of halogens is 12. The fraction of sp³-hybridized carbons (Fsp3) is 0.143. The Balaban J connectivity index is 1.67. The number of alkyl halides is 12. The highest BCUT2D eigenvalue weighted by molar-refractivity contribution is 6.18. The molecule has 5 aromatic carbocycles. The zero-order chi connectivity index (χ0) is 45.1. The quantitative estimate of drug-likeness (QED) is 0.150. The summed E-state index contributed by atoms with van der Waals surface area (Å²) < 4.78 is 181. The molecule has 0 saturated heterocycles. The molecule has 0 amide bonds. The van der Waals surface area contributed by atoms with Crippen LogP contribution >= 0.6 is 0 Å². The molecular weight excluding hydrogens is 848 g/mol. The van der Waals surface area contributed by atoms with Crippen LogP contribution in [0.5, 0.6) is 0 Å². The van der Waals surface area contributed by atoms with Crippen LogP contribution in [0.2, 0.25) is 0 Å². The molecule has 7 aromatic rings. The van der Waals surface area contributed by atoms with Gasteiger partial charge in [-0.3, -0.25) is 0 Å². The number of aromatic nitrogens is 2. The topological polar surface area (TPSA) is 147 Å². The van der Waals surface area contributed by atoms with E-state index in [1.54, 1.807) is 24.3 Å². The van der Waals surface area contributed by atoms with Crippen LogP contribution in [0.4, 0.5) is 52.7 Å². The molecule has 0 bridgehead atoms. The van der Waals surface area contributed by atoms with E-state index >= 15 is 0 Å². The molecule has 0 aliphatic carbocycles. The fourth-order valence-electron chi connectivity index (χ4n) is 6.72. The lowest BCUT2D eigenvalue weighted by molar-refractivity contribution is -0.144. The van der Waals surface area contributed by atoms with E-state index in [0.29, 0.717) is 24.3 Å². The largest absolute Gasteiger partial charge is 0.437 e. The Morgan fingerprint density at radius 3 is 0.952 bits per heavy atom. The van der Waals surface area contributed by atoms with Crippen LogP contribution in [0, 0.1) is 45.3 Å². The van der Waals surface area contributed by atoms with E-state index in [-0.39, 0.29) is 45.5 Å². The SMILES string of the molecule is N#CC(C#N)c1nc2c(-c3ccccc3-c3cc(C(F)(F)F)cc(C(F)(F)F)c3)c3oc(C(C#N)C#N)nc3c(-c3ccccc3-c3cc(C(F)(F)F)cc(C(F)(F)F)c3)c2o1. The van der Waals surface area contributed by atoms with Gasteiger partial charge in [-0.1, -0.05) is 48.5 Å². The highest BCUT2D eigenvalue weighted by atomic mass is 19.4. The van der Waals surface area contributed by atoms with Crippen molar-refractivity contribution in [2.24, 2.45) is 0 Å². The lowest BCUT2D eigenvalue weighted by Crippen LogP contribution is -2.11. The molecule has 0 unspecified atom stereocenters. The van der Waals surface area contributed by atoms with Crippen LogP contribution in [0.3, 0.4) is 0 Å². The Morgan fingerprint density at radius 2 is 0.694 bits per heavy atom. The second-order valence-corrected chi connectivity index (χ2v) is 13.3. The molecule has 8 nitrogen and oxygen atoms in total. The second kappa shape index (κ2) is 15.0. The highest BCUT2D eigenvalue weighted by Crippen LogP contribution is 2.50. The van der Waals surface area contributed by atoms with Gasteiger partial charge in [-0.05, 0) is 69.8 Å². The molecular formula is C42H16F12N6O2. The van der Waals surface area contributed by atoms with Gasteiger partial charge >= 0.3 is 24.7 Å². The van der Waals surface area contributed by atoms with Crippen molar-refractivity contribution in [3.05, 3.63) is 119 Å². The molecule has 0 N–H and O–H groups in total. The van der Waals surface area contributed by atoms with E-state index in [0.717, 1.165) is 12.1 Å². The molecule has 0 aliphatic heterocycles. The molecule has 0 saturated carbocycles. The van der Waals surface area contributed by atoms with Crippen molar-refractivity contribution in [1.82, 2.24) is 9.97 Å². The monoisotopic (exact) mass is 864 g/mol. The third-order valence-electron chi connectivity index (χ3n) is 9.42. The van der Waals surface area contributed by atoms with Crippen molar-refractivity contribution in [3.63, 3.8) is 0 Å². The predicted octanol–water partition coefficient (Wildman–Crippen LogP) is 13.0. The third kappa shape index (κ3) is 7.58. The maximum absolute atomic E-state index is 14.1. The van der Waals surface area contributed by atoms with Gasteiger partial charge in [0.2, 0.25) is 23.6 Å². The zero-order valence-corrected chi connectivity index (χ0v) is 30.3. The van der Waals surface area contributed by atoms with Gasteiger partial charge in [0.1, 0.15) is 11.0 Å². The Kier molecular flexibility index (Phi) is 10.2. The first kappa shape index (κ1) is 42.3. The van der Waals surface area contributed by atoms with Crippen LogP contribution in [0.15, 0.2) is 93.8 Å². The van der Waals surface area contributed by atoms with E-state index < -0.39 is 104 Å². The zero-order valence-electron chi connectivity index (χ0n) is 30.3. The Labute approximate surface area is 338 Å². The molecule has 20 heteroatoms. The van der Waals surface area contributed by atoms with Gasteiger partial charge in [-0.25, -0.2) is 9.97 Å². The number of hydrogen-bond acceptors (Lipinski definition) is 8. The molecule has 0 spiro atoms. The van der Waals surface area contributed by atoms with Crippen molar-refractivity contribution >= 4 is 22.2 Å². The summed E-state index contributed by atoms with van der Waals surface area (Å²) in [5.74, 6) is -4.92. The minimum absolute atomic E-state index is 0.0999. The summed E-state index contributed by atoms with van der Waals surface area (Å²) in [6.45, 7) is 0. The van der Waals surface area contributed by atoms with Crippen molar-refractivity contribution in [2.45, 2.75) is 36.5 Å². The summed E-state index contributed by atoms with van der Waals surface area (Å²) in [6, 6.07) is 17.8. The van der Waals surface area contributed by atoms with Crippen LogP contribution < -0.4 is 0 Å². The van der Waals surface area contributed by atoms with Crippen LogP contribution in [0.1, 0.15) is 45.9 Å². The normalized spacial score (nSPS) is 12.4. The van der Waals surface area contributed by atoms with E-state index in [9.17, 15) is 73.7 Å². The molecule has 0 aliphatic rings. The van der Waals surface area contributed by atoms with Gasteiger partial charge in [0.05, 0.1) is 57.7 Å². The maximum Gasteiger partial charge on any atom is 0.416 e. The molecule has 2 heterocycles. The van der Waals surface area contributed by atoms with Crippen molar-refractivity contribution in [1.29, 1.82) is 21.0 Å². The number of benzene rings is 5. The van der Waals surface area contributed by atoms with Gasteiger partial charge < -0.3 is 8.83 Å². The Hall–Kier alpha value is -7.84. The summed E-state index contributed by atoms with van der Waals surface area (Å²) in [7, 11) is 0. The molecule has 7 rings (SSSR count). The van der Waals surface area contributed by atoms with E-state index in [2.05, 4.69) is 9.97 Å². The van der Waals surface area contributed by atoms with Crippen LogP contribution in [-0.4, -0.2) is 9.97 Å². The second-order valence-electron chi connectivity index (χ2n) is 13.3. The summed E-state index contributed by atoms with van der Waals surface area (Å²) in [4.78, 5) is 8.64. The van der Waals surface area contributed by atoms with Crippen molar-refractivity contribution in [2.75, 3.05) is 0 Å². The summed E-state index contributed by atoms with van der Waals surface area (Å²) in [6.07, 6.45) is -21.1. The van der Waals surface area contributed by atoms with Gasteiger partial charge in [-0.15, -0.1) is 0 Å². The molecule has 0 atom stereocenters. The number of fused-ring (bicyclic) bond motifs is 2. The fourth-order valence-corrected chi connectivity index (χ4v) is 6.72. The summed E-state index contributed by atoms with van der Waals surface area (Å²) in [5.41, 5.74) is -11.8. The molecule has 62 heavy (non-hydrogen) atoms.